The van der Waals surface area contributed by atoms with E-state index in [9.17, 15) is 0 Å². The van der Waals surface area contributed by atoms with Crippen LogP contribution in [0.5, 0.6) is 0 Å². The zero-order chi connectivity index (χ0) is 13.3. The molecule has 0 aromatic carbocycles. The molecule has 0 spiro atoms. The molecule has 0 unspecified atom stereocenters. The Morgan fingerprint density at radius 1 is 0.722 bits per heavy atom. The predicted octanol–water partition coefficient (Wildman–Crippen LogP) is 6.07. The number of rotatable bonds is 12. The summed E-state index contributed by atoms with van der Waals surface area (Å²) >= 11 is 0. The van der Waals surface area contributed by atoms with Gasteiger partial charge in [-0.2, -0.15) is 0 Å². The molecule has 0 aromatic heterocycles. The smallest absolute Gasteiger partial charge is 0.00886 e. The van der Waals surface area contributed by atoms with Gasteiger partial charge in [-0.25, -0.2) is 0 Å². The van der Waals surface area contributed by atoms with Crippen LogP contribution in [0.25, 0.3) is 0 Å². The number of hydrogen-bond acceptors (Lipinski definition) is 0. The van der Waals surface area contributed by atoms with Crippen molar-refractivity contribution in [2.45, 2.75) is 90.4 Å². The third-order valence-electron chi connectivity index (χ3n) is 3.20. The Morgan fingerprint density at radius 3 is 1.78 bits per heavy atom. The topological polar surface area (TPSA) is 0 Å². The Balaban J connectivity index is 3.07. The first kappa shape index (κ1) is 17.3. The van der Waals surface area contributed by atoms with Gasteiger partial charge in [-0.15, -0.1) is 11.8 Å². The van der Waals surface area contributed by atoms with E-state index >= 15 is 0 Å². The average Bonchev–Trinajstić information content (AvgIpc) is 2.39. The van der Waals surface area contributed by atoms with E-state index in [4.69, 9.17) is 6.58 Å². The molecule has 0 N–H and O–H groups in total. The SMILES string of the molecule is [CH]=CCCCCCCC#CCCCCCCCC. The summed E-state index contributed by atoms with van der Waals surface area (Å²) < 4.78 is 0. The molecule has 0 heterocycles. The van der Waals surface area contributed by atoms with Crippen molar-refractivity contribution < 1.29 is 0 Å². The Hall–Kier alpha value is -0.700. The lowest BCUT2D eigenvalue weighted by Gasteiger charge is -1.97. The largest absolute Gasteiger partial charge is 0.103 e. The highest BCUT2D eigenvalue weighted by Gasteiger charge is 1.88. The predicted molar refractivity (Wildman–Crippen MR) is 82.3 cm³/mol. The van der Waals surface area contributed by atoms with Gasteiger partial charge in [0.1, 0.15) is 0 Å². The van der Waals surface area contributed by atoms with Crippen molar-refractivity contribution in [3.63, 3.8) is 0 Å². The van der Waals surface area contributed by atoms with E-state index in [-0.39, 0.29) is 0 Å². The number of unbranched alkanes of at least 4 members (excludes halogenated alkanes) is 11. The van der Waals surface area contributed by atoms with Gasteiger partial charge in [0.05, 0.1) is 0 Å². The van der Waals surface area contributed by atoms with E-state index in [0.717, 1.165) is 19.3 Å². The molecule has 0 heteroatoms. The molecule has 0 nitrogen and oxygen atoms in total. The summed E-state index contributed by atoms with van der Waals surface area (Å²) in [7, 11) is 0. The van der Waals surface area contributed by atoms with E-state index in [0.29, 0.717) is 0 Å². The van der Waals surface area contributed by atoms with Gasteiger partial charge in [0.2, 0.25) is 0 Å². The van der Waals surface area contributed by atoms with Crippen LogP contribution in [0.3, 0.4) is 0 Å². The molecule has 0 rings (SSSR count). The van der Waals surface area contributed by atoms with Crippen molar-refractivity contribution in [2.75, 3.05) is 0 Å². The van der Waals surface area contributed by atoms with Crippen molar-refractivity contribution in [3.8, 4) is 11.8 Å². The number of hydrogen-bond donors (Lipinski definition) is 0. The van der Waals surface area contributed by atoms with Crippen LogP contribution in [0.2, 0.25) is 0 Å². The third-order valence-corrected chi connectivity index (χ3v) is 3.20. The van der Waals surface area contributed by atoms with Crippen LogP contribution in [0.4, 0.5) is 0 Å². The summed E-state index contributed by atoms with van der Waals surface area (Å²) in [4.78, 5) is 0. The Bertz CT molecular complexity index is 216. The lowest BCUT2D eigenvalue weighted by atomic mass is 10.1. The molecular weight excluding hydrogens is 216 g/mol. The van der Waals surface area contributed by atoms with Crippen LogP contribution >= 0.6 is 0 Å². The molecule has 0 saturated heterocycles. The molecule has 0 fully saturated rings. The minimum Gasteiger partial charge on any atom is -0.103 e. The van der Waals surface area contributed by atoms with Crippen LogP contribution in [-0.2, 0) is 0 Å². The summed E-state index contributed by atoms with van der Waals surface area (Å²) in [5.41, 5.74) is 0. The zero-order valence-electron chi connectivity index (χ0n) is 12.3. The standard InChI is InChI=1S/C18H31/c1-3-5-7-9-11-13-15-17-18-16-14-12-10-8-6-4-2/h1,3H,4-16H2,2H3. The van der Waals surface area contributed by atoms with Crippen molar-refractivity contribution in [1.29, 1.82) is 0 Å². The average molecular weight is 247 g/mol. The minimum absolute atomic E-state index is 1.06. The van der Waals surface area contributed by atoms with E-state index in [1.807, 2.05) is 0 Å². The van der Waals surface area contributed by atoms with Crippen molar-refractivity contribution in [2.24, 2.45) is 0 Å². The third kappa shape index (κ3) is 15.3. The lowest BCUT2D eigenvalue weighted by molar-refractivity contribution is 0.613. The van der Waals surface area contributed by atoms with E-state index in [1.165, 1.54) is 64.2 Å². The molecular formula is C18H31. The fourth-order valence-corrected chi connectivity index (χ4v) is 2.00. The van der Waals surface area contributed by atoms with Crippen LogP contribution in [0, 0.1) is 18.4 Å². The molecule has 0 atom stereocenters. The van der Waals surface area contributed by atoms with Crippen LogP contribution in [0.15, 0.2) is 6.08 Å². The Labute approximate surface area is 115 Å². The first-order valence-electron chi connectivity index (χ1n) is 7.91. The highest BCUT2D eigenvalue weighted by Crippen LogP contribution is 2.07. The van der Waals surface area contributed by atoms with Gasteiger partial charge in [0, 0.05) is 12.8 Å². The summed E-state index contributed by atoms with van der Waals surface area (Å²) in [5.74, 6) is 6.60. The first-order valence-corrected chi connectivity index (χ1v) is 7.91. The molecule has 0 aliphatic rings. The fraction of sp³-hybridized carbons (Fsp3) is 0.778. The van der Waals surface area contributed by atoms with E-state index in [2.05, 4.69) is 18.8 Å². The van der Waals surface area contributed by atoms with Crippen molar-refractivity contribution in [3.05, 3.63) is 12.7 Å². The van der Waals surface area contributed by atoms with Gasteiger partial charge >= 0.3 is 0 Å². The first-order chi connectivity index (χ1) is 8.91. The normalized spacial score (nSPS) is 9.83. The number of allylic oxidation sites excluding steroid dienone is 1. The van der Waals surface area contributed by atoms with E-state index < -0.39 is 0 Å². The van der Waals surface area contributed by atoms with Gasteiger partial charge in [-0.3, -0.25) is 0 Å². The molecule has 0 saturated carbocycles. The summed E-state index contributed by atoms with van der Waals surface area (Å²) in [6, 6.07) is 0. The minimum atomic E-state index is 1.06. The molecule has 18 heavy (non-hydrogen) atoms. The zero-order valence-corrected chi connectivity index (χ0v) is 12.3. The van der Waals surface area contributed by atoms with Crippen molar-refractivity contribution >= 4 is 0 Å². The van der Waals surface area contributed by atoms with Crippen LogP contribution in [-0.4, -0.2) is 0 Å². The van der Waals surface area contributed by atoms with E-state index in [1.54, 1.807) is 6.08 Å². The molecule has 1 radical (unpaired) electrons. The Kier molecular flexibility index (Phi) is 15.7. The summed E-state index contributed by atoms with van der Waals surface area (Å²) in [6.45, 7) is 7.59. The van der Waals surface area contributed by atoms with Crippen molar-refractivity contribution in [1.82, 2.24) is 0 Å². The van der Waals surface area contributed by atoms with Crippen LogP contribution in [0.1, 0.15) is 90.4 Å². The molecule has 0 aliphatic carbocycles. The highest BCUT2D eigenvalue weighted by molar-refractivity contribution is 4.98. The van der Waals surface area contributed by atoms with Gasteiger partial charge < -0.3 is 0 Å². The van der Waals surface area contributed by atoms with Gasteiger partial charge in [-0.05, 0) is 25.7 Å². The maximum absolute atomic E-state index is 5.33. The lowest BCUT2D eigenvalue weighted by Crippen LogP contribution is -1.78. The fourth-order valence-electron chi connectivity index (χ4n) is 2.00. The second-order valence-electron chi connectivity index (χ2n) is 5.06. The molecule has 0 aliphatic heterocycles. The molecule has 0 bridgehead atoms. The molecule has 103 valence electrons. The van der Waals surface area contributed by atoms with Gasteiger partial charge in [0.15, 0.2) is 0 Å². The highest BCUT2D eigenvalue weighted by atomic mass is 13.9. The molecule has 0 aromatic rings. The quantitative estimate of drug-likeness (QED) is 0.290. The summed E-state index contributed by atoms with van der Waals surface area (Å²) in [6.07, 6.45) is 18.3. The molecule has 0 amide bonds. The second kappa shape index (κ2) is 16.3. The maximum Gasteiger partial charge on any atom is 0.00886 e. The monoisotopic (exact) mass is 247 g/mol. The van der Waals surface area contributed by atoms with Crippen LogP contribution < -0.4 is 0 Å². The Morgan fingerprint density at radius 2 is 1.22 bits per heavy atom. The maximum atomic E-state index is 5.33. The van der Waals surface area contributed by atoms with Gasteiger partial charge in [-0.1, -0.05) is 64.5 Å². The second-order valence-corrected chi connectivity index (χ2v) is 5.06. The van der Waals surface area contributed by atoms with Gasteiger partial charge in [0.25, 0.3) is 0 Å². The summed E-state index contributed by atoms with van der Waals surface area (Å²) in [5, 5.41) is 0.